The maximum absolute atomic E-state index is 5.94. The molecule has 0 aromatic heterocycles. The SMILES string of the molecule is ClC1CC(N2CCCCC2)C1. The summed E-state index contributed by atoms with van der Waals surface area (Å²) in [5, 5.41) is 0.488. The molecule has 2 fully saturated rings. The highest BCUT2D eigenvalue weighted by molar-refractivity contribution is 6.21. The summed E-state index contributed by atoms with van der Waals surface area (Å²) in [5.74, 6) is 0. The standard InChI is InChI=1S/C9H16ClN/c10-8-6-9(7-8)11-4-2-1-3-5-11/h8-9H,1-7H2. The van der Waals surface area contributed by atoms with E-state index in [0.717, 1.165) is 6.04 Å². The Morgan fingerprint density at radius 3 is 2.18 bits per heavy atom. The van der Waals surface area contributed by atoms with Crippen LogP contribution in [0, 0.1) is 0 Å². The topological polar surface area (TPSA) is 3.24 Å². The van der Waals surface area contributed by atoms with Crippen molar-refractivity contribution in [3.63, 3.8) is 0 Å². The number of piperidine rings is 1. The van der Waals surface area contributed by atoms with Crippen molar-refractivity contribution in [2.45, 2.75) is 43.5 Å². The van der Waals surface area contributed by atoms with Gasteiger partial charge in [0.15, 0.2) is 0 Å². The zero-order valence-electron chi connectivity index (χ0n) is 6.93. The third kappa shape index (κ3) is 1.70. The molecule has 1 saturated heterocycles. The first kappa shape index (κ1) is 7.88. The van der Waals surface area contributed by atoms with E-state index in [4.69, 9.17) is 11.6 Å². The molecule has 1 heterocycles. The number of likely N-dealkylation sites (tertiary alicyclic amines) is 1. The second-order valence-corrected chi connectivity index (χ2v) is 4.44. The summed E-state index contributed by atoms with van der Waals surface area (Å²) in [7, 11) is 0. The van der Waals surface area contributed by atoms with Crippen LogP contribution in [0.15, 0.2) is 0 Å². The fourth-order valence-corrected chi connectivity index (χ4v) is 2.51. The van der Waals surface area contributed by atoms with Gasteiger partial charge >= 0.3 is 0 Å². The molecule has 2 heteroatoms. The molecular formula is C9H16ClN. The van der Waals surface area contributed by atoms with Gasteiger partial charge < -0.3 is 4.90 Å². The molecular weight excluding hydrogens is 158 g/mol. The lowest BCUT2D eigenvalue weighted by Crippen LogP contribution is -2.47. The summed E-state index contributed by atoms with van der Waals surface area (Å²) < 4.78 is 0. The fraction of sp³-hybridized carbons (Fsp3) is 1.00. The molecule has 1 saturated carbocycles. The number of hydrogen-bond donors (Lipinski definition) is 0. The normalized spacial score (nSPS) is 40.1. The lowest BCUT2D eigenvalue weighted by molar-refractivity contribution is 0.108. The van der Waals surface area contributed by atoms with E-state index >= 15 is 0 Å². The van der Waals surface area contributed by atoms with Gasteiger partial charge in [-0.05, 0) is 38.8 Å². The van der Waals surface area contributed by atoms with Crippen LogP contribution in [0.4, 0.5) is 0 Å². The first-order valence-corrected chi connectivity index (χ1v) is 5.18. The van der Waals surface area contributed by atoms with Gasteiger partial charge in [0.1, 0.15) is 0 Å². The summed E-state index contributed by atoms with van der Waals surface area (Å²) >= 11 is 5.94. The predicted octanol–water partition coefficient (Wildman–Crippen LogP) is 2.24. The molecule has 64 valence electrons. The van der Waals surface area contributed by atoms with Gasteiger partial charge in [-0.25, -0.2) is 0 Å². The van der Waals surface area contributed by atoms with Gasteiger partial charge in [0.2, 0.25) is 0 Å². The minimum absolute atomic E-state index is 0.488. The predicted molar refractivity (Wildman–Crippen MR) is 48.1 cm³/mol. The second kappa shape index (κ2) is 3.32. The number of halogens is 1. The van der Waals surface area contributed by atoms with E-state index in [1.54, 1.807) is 0 Å². The van der Waals surface area contributed by atoms with Crippen LogP contribution in [0.5, 0.6) is 0 Å². The largest absolute Gasteiger partial charge is 0.300 e. The lowest BCUT2D eigenvalue weighted by atomic mass is 9.89. The molecule has 0 atom stereocenters. The van der Waals surface area contributed by atoms with Crippen molar-refractivity contribution >= 4 is 11.6 Å². The van der Waals surface area contributed by atoms with Crippen molar-refractivity contribution in [1.82, 2.24) is 4.90 Å². The van der Waals surface area contributed by atoms with Gasteiger partial charge in [0, 0.05) is 11.4 Å². The van der Waals surface area contributed by atoms with Crippen molar-refractivity contribution in [3.05, 3.63) is 0 Å². The Labute approximate surface area is 73.7 Å². The van der Waals surface area contributed by atoms with Crippen LogP contribution in [0.25, 0.3) is 0 Å². The monoisotopic (exact) mass is 173 g/mol. The Hall–Kier alpha value is 0.250. The Balaban J connectivity index is 1.76. The fourth-order valence-electron chi connectivity index (χ4n) is 2.10. The summed E-state index contributed by atoms with van der Waals surface area (Å²) in [5.41, 5.74) is 0. The second-order valence-electron chi connectivity index (χ2n) is 3.82. The van der Waals surface area contributed by atoms with Gasteiger partial charge in [-0.1, -0.05) is 6.42 Å². The molecule has 2 aliphatic rings. The molecule has 1 nitrogen and oxygen atoms in total. The molecule has 0 spiro atoms. The molecule has 0 unspecified atom stereocenters. The number of rotatable bonds is 1. The highest BCUT2D eigenvalue weighted by Gasteiger charge is 2.32. The summed E-state index contributed by atoms with van der Waals surface area (Å²) in [6.45, 7) is 2.66. The highest BCUT2D eigenvalue weighted by Crippen LogP contribution is 2.31. The molecule has 0 aromatic carbocycles. The number of alkyl halides is 1. The maximum atomic E-state index is 5.94. The summed E-state index contributed by atoms with van der Waals surface area (Å²) in [4.78, 5) is 2.63. The molecule has 0 amide bonds. The number of hydrogen-bond acceptors (Lipinski definition) is 1. The molecule has 2 rings (SSSR count). The third-order valence-electron chi connectivity index (χ3n) is 2.96. The average molecular weight is 174 g/mol. The minimum atomic E-state index is 0.488. The van der Waals surface area contributed by atoms with Crippen LogP contribution < -0.4 is 0 Å². The van der Waals surface area contributed by atoms with E-state index < -0.39 is 0 Å². The quantitative estimate of drug-likeness (QED) is 0.550. The van der Waals surface area contributed by atoms with Gasteiger partial charge in [-0.3, -0.25) is 0 Å². The molecule has 0 aromatic rings. The van der Waals surface area contributed by atoms with E-state index in [9.17, 15) is 0 Å². The van der Waals surface area contributed by atoms with Gasteiger partial charge in [0.25, 0.3) is 0 Å². The van der Waals surface area contributed by atoms with Crippen LogP contribution in [-0.2, 0) is 0 Å². The van der Waals surface area contributed by atoms with Crippen molar-refractivity contribution in [3.8, 4) is 0 Å². The van der Waals surface area contributed by atoms with Gasteiger partial charge in [-0.15, -0.1) is 11.6 Å². The Kier molecular flexibility index (Phi) is 2.38. The first-order chi connectivity index (χ1) is 5.36. The highest BCUT2D eigenvalue weighted by atomic mass is 35.5. The molecule has 1 aliphatic carbocycles. The van der Waals surface area contributed by atoms with Crippen molar-refractivity contribution in [2.75, 3.05) is 13.1 Å². The summed E-state index contributed by atoms with van der Waals surface area (Å²) in [6, 6.07) is 0.845. The van der Waals surface area contributed by atoms with Crippen LogP contribution in [0.2, 0.25) is 0 Å². The molecule has 0 bridgehead atoms. The van der Waals surface area contributed by atoms with Crippen LogP contribution in [-0.4, -0.2) is 29.4 Å². The lowest BCUT2D eigenvalue weighted by Gasteiger charge is -2.42. The van der Waals surface area contributed by atoms with E-state index in [-0.39, 0.29) is 0 Å². The smallest absolute Gasteiger partial charge is 0.0365 e. The first-order valence-electron chi connectivity index (χ1n) is 4.74. The third-order valence-corrected chi connectivity index (χ3v) is 3.32. The Morgan fingerprint density at radius 1 is 1.00 bits per heavy atom. The minimum Gasteiger partial charge on any atom is -0.300 e. The zero-order valence-corrected chi connectivity index (χ0v) is 7.69. The number of nitrogens with zero attached hydrogens (tertiary/aromatic N) is 1. The molecule has 1 aliphatic heterocycles. The average Bonchev–Trinajstić information content (AvgIpc) is 2.01. The summed E-state index contributed by atoms with van der Waals surface area (Å²) in [6.07, 6.45) is 6.73. The molecule has 0 radical (unpaired) electrons. The van der Waals surface area contributed by atoms with Gasteiger partial charge in [-0.2, -0.15) is 0 Å². The van der Waals surface area contributed by atoms with E-state index in [1.807, 2.05) is 0 Å². The van der Waals surface area contributed by atoms with E-state index in [0.29, 0.717) is 5.38 Å². The zero-order chi connectivity index (χ0) is 7.68. The van der Waals surface area contributed by atoms with Crippen LogP contribution in [0.1, 0.15) is 32.1 Å². The molecule has 11 heavy (non-hydrogen) atoms. The maximum Gasteiger partial charge on any atom is 0.0365 e. The van der Waals surface area contributed by atoms with E-state index in [1.165, 1.54) is 45.2 Å². The van der Waals surface area contributed by atoms with Crippen molar-refractivity contribution < 1.29 is 0 Å². The van der Waals surface area contributed by atoms with Gasteiger partial charge in [0.05, 0.1) is 0 Å². The Morgan fingerprint density at radius 2 is 1.64 bits per heavy atom. The Bertz CT molecular complexity index is 126. The van der Waals surface area contributed by atoms with Crippen molar-refractivity contribution in [1.29, 1.82) is 0 Å². The van der Waals surface area contributed by atoms with Crippen LogP contribution in [0.3, 0.4) is 0 Å². The molecule has 0 N–H and O–H groups in total. The van der Waals surface area contributed by atoms with Crippen LogP contribution >= 0.6 is 11.6 Å². The van der Waals surface area contributed by atoms with E-state index in [2.05, 4.69) is 4.90 Å². The van der Waals surface area contributed by atoms with Crippen molar-refractivity contribution in [2.24, 2.45) is 0 Å².